The third-order valence-electron chi connectivity index (χ3n) is 0.586. The van der Waals surface area contributed by atoms with Crippen LogP contribution in [0.15, 0.2) is 18.5 Å². The van der Waals surface area contributed by atoms with Gasteiger partial charge in [-0.2, -0.15) is 0 Å². The Kier molecular flexibility index (Phi) is 4.58. The number of nitrogens with two attached hydrogens (primary N) is 1. The average molecular weight is 141 g/mol. The summed E-state index contributed by atoms with van der Waals surface area (Å²) in [6, 6.07) is 1.72. The SMILES string of the molecule is Nc1ncccn1.O=CO. The highest BCUT2D eigenvalue weighted by Gasteiger charge is 1.75. The van der Waals surface area contributed by atoms with Crippen LogP contribution in [0.3, 0.4) is 0 Å². The molecule has 54 valence electrons. The molecule has 0 aliphatic rings. The lowest BCUT2D eigenvalue weighted by Gasteiger charge is -1.82. The van der Waals surface area contributed by atoms with E-state index >= 15 is 0 Å². The van der Waals surface area contributed by atoms with Crippen LogP contribution >= 0.6 is 0 Å². The zero-order chi connectivity index (χ0) is 7.82. The molecule has 0 saturated carbocycles. The van der Waals surface area contributed by atoms with Crippen LogP contribution in [0.1, 0.15) is 0 Å². The lowest BCUT2D eigenvalue weighted by molar-refractivity contribution is -0.122. The fraction of sp³-hybridized carbons (Fsp3) is 0. The van der Waals surface area contributed by atoms with Crippen LogP contribution < -0.4 is 5.73 Å². The summed E-state index contributed by atoms with van der Waals surface area (Å²) in [5, 5.41) is 6.89. The molecule has 1 heterocycles. The van der Waals surface area contributed by atoms with Gasteiger partial charge >= 0.3 is 0 Å². The summed E-state index contributed by atoms with van der Waals surface area (Å²) in [6.07, 6.45) is 3.20. The van der Waals surface area contributed by atoms with Crippen molar-refractivity contribution in [2.24, 2.45) is 0 Å². The molecule has 0 fully saturated rings. The Balaban J connectivity index is 0.000000236. The zero-order valence-electron chi connectivity index (χ0n) is 5.14. The monoisotopic (exact) mass is 141 g/mol. The fourth-order valence-electron chi connectivity index (χ4n) is 0.311. The van der Waals surface area contributed by atoms with Crippen LogP contribution in [0.5, 0.6) is 0 Å². The van der Waals surface area contributed by atoms with Crippen LogP contribution in [-0.2, 0) is 4.79 Å². The van der Waals surface area contributed by atoms with E-state index in [9.17, 15) is 0 Å². The molecule has 1 aromatic heterocycles. The topological polar surface area (TPSA) is 89.1 Å². The smallest absolute Gasteiger partial charge is 0.290 e. The summed E-state index contributed by atoms with van der Waals surface area (Å²) in [7, 11) is 0. The van der Waals surface area contributed by atoms with Crippen molar-refractivity contribution in [2.75, 3.05) is 5.73 Å². The van der Waals surface area contributed by atoms with Crippen LogP contribution in [0.2, 0.25) is 0 Å². The lowest BCUT2D eigenvalue weighted by Crippen LogP contribution is -1.90. The first kappa shape index (κ1) is 8.35. The highest BCUT2D eigenvalue weighted by molar-refractivity contribution is 5.32. The maximum atomic E-state index is 8.36. The van der Waals surface area contributed by atoms with Gasteiger partial charge in [0.25, 0.3) is 6.47 Å². The minimum absolute atomic E-state index is 0.250. The molecule has 0 amide bonds. The number of hydrogen-bond donors (Lipinski definition) is 2. The van der Waals surface area contributed by atoms with Crippen LogP contribution in [0, 0.1) is 0 Å². The van der Waals surface area contributed by atoms with Gasteiger partial charge in [0.1, 0.15) is 0 Å². The molecule has 5 nitrogen and oxygen atoms in total. The summed E-state index contributed by atoms with van der Waals surface area (Å²) < 4.78 is 0. The van der Waals surface area contributed by atoms with Gasteiger partial charge in [0, 0.05) is 12.4 Å². The molecule has 5 heteroatoms. The molecule has 0 unspecified atom stereocenters. The standard InChI is InChI=1S/C4H5N3.CH2O2/c5-4-6-2-1-3-7-4;2-1-3/h1-3H,(H2,5,6,7);1H,(H,2,3). The Morgan fingerprint density at radius 1 is 1.50 bits per heavy atom. The Hall–Kier alpha value is -1.65. The van der Waals surface area contributed by atoms with E-state index in [1.54, 1.807) is 18.5 Å². The highest BCUT2D eigenvalue weighted by atomic mass is 16.3. The molecular weight excluding hydrogens is 134 g/mol. The van der Waals surface area contributed by atoms with Crippen molar-refractivity contribution in [2.45, 2.75) is 0 Å². The van der Waals surface area contributed by atoms with E-state index < -0.39 is 0 Å². The van der Waals surface area contributed by atoms with Crippen molar-refractivity contribution >= 4 is 12.4 Å². The van der Waals surface area contributed by atoms with Crippen molar-refractivity contribution in [3.05, 3.63) is 18.5 Å². The predicted octanol–water partition coefficient (Wildman–Crippen LogP) is -0.240. The Morgan fingerprint density at radius 2 is 1.90 bits per heavy atom. The summed E-state index contributed by atoms with van der Waals surface area (Å²) >= 11 is 0. The fourth-order valence-corrected chi connectivity index (χ4v) is 0.311. The van der Waals surface area contributed by atoms with E-state index in [1.807, 2.05) is 0 Å². The lowest BCUT2D eigenvalue weighted by atomic mass is 10.7. The van der Waals surface area contributed by atoms with E-state index in [0.29, 0.717) is 5.95 Å². The number of nitrogen functional groups attached to an aromatic ring is 1. The van der Waals surface area contributed by atoms with Gasteiger partial charge in [-0.25, -0.2) is 9.97 Å². The van der Waals surface area contributed by atoms with Crippen LogP contribution in [-0.4, -0.2) is 21.5 Å². The van der Waals surface area contributed by atoms with Gasteiger partial charge in [0.15, 0.2) is 0 Å². The third-order valence-corrected chi connectivity index (χ3v) is 0.586. The zero-order valence-corrected chi connectivity index (χ0v) is 5.14. The van der Waals surface area contributed by atoms with Crippen LogP contribution in [0.25, 0.3) is 0 Å². The molecule has 0 aromatic carbocycles. The van der Waals surface area contributed by atoms with Gasteiger partial charge in [-0.1, -0.05) is 0 Å². The highest BCUT2D eigenvalue weighted by Crippen LogP contribution is 1.81. The van der Waals surface area contributed by atoms with E-state index in [1.165, 1.54) is 0 Å². The quantitative estimate of drug-likeness (QED) is 0.486. The van der Waals surface area contributed by atoms with Gasteiger partial charge in [-0.05, 0) is 6.07 Å². The van der Waals surface area contributed by atoms with E-state index in [-0.39, 0.29) is 6.47 Å². The molecule has 0 aliphatic heterocycles. The average Bonchev–Trinajstić information content (AvgIpc) is 1.91. The number of anilines is 1. The molecular formula is C5H7N3O2. The van der Waals surface area contributed by atoms with E-state index in [4.69, 9.17) is 15.6 Å². The van der Waals surface area contributed by atoms with Gasteiger partial charge in [0.05, 0.1) is 0 Å². The number of carboxylic acid groups (broad SMARTS) is 1. The third kappa shape index (κ3) is 4.51. The number of carbonyl (C=O) groups is 1. The van der Waals surface area contributed by atoms with Gasteiger partial charge in [0.2, 0.25) is 5.95 Å². The Morgan fingerprint density at radius 3 is 2.10 bits per heavy atom. The largest absolute Gasteiger partial charge is 0.483 e. The van der Waals surface area contributed by atoms with Crippen molar-refractivity contribution in [1.82, 2.24) is 9.97 Å². The van der Waals surface area contributed by atoms with Gasteiger partial charge < -0.3 is 10.8 Å². The van der Waals surface area contributed by atoms with Gasteiger partial charge in [-0.15, -0.1) is 0 Å². The van der Waals surface area contributed by atoms with E-state index in [2.05, 4.69) is 9.97 Å². The van der Waals surface area contributed by atoms with Gasteiger partial charge in [-0.3, -0.25) is 4.79 Å². The number of rotatable bonds is 0. The van der Waals surface area contributed by atoms with Crippen molar-refractivity contribution in [3.8, 4) is 0 Å². The second-order valence-electron chi connectivity index (χ2n) is 1.21. The summed E-state index contributed by atoms with van der Waals surface area (Å²) in [4.78, 5) is 15.7. The molecule has 3 N–H and O–H groups in total. The second kappa shape index (κ2) is 5.49. The molecule has 1 aromatic rings. The molecule has 0 radical (unpaired) electrons. The number of aromatic nitrogens is 2. The second-order valence-corrected chi connectivity index (χ2v) is 1.21. The Labute approximate surface area is 57.5 Å². The van der Waals surface area contributed by atoms with Crippen molar-refractivity contribution in [1.29, 1.82) is 0 Å². The summed E-state index contributed by atoms with van der Waals surface area (Å²) in [5.74, 6) is 0.322. The Bertz CT molecular complexity index is 178. The first-order valence-corrected chi connectivity index (χ1v) is 2.41. The number of nitrogens with zero attached hydrogens (tertiary/aromatic N) is 2. The van der Waals surface area contributed by atoms with Crippen molar-refractivity contribution in [3.63, 3.8) is 0 Å². The molecule has 0 aliphatic carbocycles. The normalized spacial score (nSPS) is 7.20. The minimum Gasteiger partial charge on any atom is -0.483 e. The molecule has 0 saturated heterocycles. The predicted molar refractivity (Wildman–Crippen MR) is 35.1 cm³/mol. The summed E-state index contributed by atoms with van der Waals surface area (Å²) in [5.41, 5.74) is 5.14. The summed E-state index contributed by atoms with van der Waals surface area (Å²) in [6.45, 7) is -0.250. The first-order valence-electron chi connectivity index (χ1n) is 2.41. The molecule has 10 heavy (non-hydrogen) atoms. The van der Waals surface area contributed by atoms with Crippen LogP contribution in [0.4, 0.5) is 5.95 Å². The molecule has 0 atom stereocenters. The van der Waals surface area contributed by atoms with Crippen molar-refractivity contribution < 1.29 is 9.90 Å². The van der Waals surface area contributed by atoms with E-state index in [0.717, 1.165) is 0 Å². The molecule has 0 bridgehead atoms. The minimum atomic E-state index is -0.250. The molecule has 0 spiro atoms. The maximum Gasteiger partial charge on any atom is 0.290 e. The first-order chi connectivity index (χ1) is 4.81. The molecule has 1 rings (SSSR count). The maximum absolute atomic E-state index is 8.36. The number of hydrogen-bond acceptors (Lipinski definition) is 4.